The summed E-state index contributed by atoms with van der Waals surface area (Å²) >= 11 is 1.74. The van der Waals surface area contributed by atoms with Crippen molar-refractivity contribution in [1.29, 1.82) is 0 Å². The molecule has 104 valence electrons. The number of aromatic nitrogens is 1. The fourth-order valence-electron chi connectivity index (χ4n) is 2.25. The van der Waals surface area contributed by atoms with Gasteiger partial charge in [-0.1, -0.05) is 18.2 Å². The average Bonchev–Trinajstić information content (AvgIpc) is 2.94. The molecule has 1 unspecified atom stereocenters. The predicted molar refractivity (Wildman–Crippen MR) is 86.0 cm³/mol. The van der Waals surface area contributed by atoms with Gasteiger partial charge in [0.1, 0.15) is 5.01 Å². The lowest BCUT2D eigenvalue weighted by Crippen LogP contribution is -2.46. The van der Waals surface area contributed by atoms with E-state index < -0.39 is 0 Å². The zero-order valence-electron chi connectivity index (χ0n) is 10.4. The second-order valence-corrected chi connectivity index (χ2v) is 5.05. The molecule has 1 N–H and O–H groups in total. The summed E-state index contributed by atoms with van der Waals surface area (Å²) in [4.78, 5) is 6.89. The molecule has 1 aliphatic heterocycles. The maximum atomic E-state index is 4.45. The molecule has 1 aliphatic rings. The van der Waals surface area contributed by atoms with Gasteiger partial charge >= 0.3 is 0 Å². The minimum Gasteiger partial charge on any atom is -0.359 e. The molecular formula is C13H17Cl2N3S. The van der Waals surface area contributed by atoms with Crippen LogP contribution in [0.2, 0.25) is 0 Å². The SMILES string of the molecule is Cl.Cl.c1ccc(N2CCNCC2c2nccs2)cc1. The quantitative estimate of drug-likeness (QED) is 0.922. The van der Waals surface area contributed by atoms with E-state index in [0.717, 1.165) is 19.6 Å². The molecule has 1 fully saturated rings. The number of rotatable bonds is 2. The molecule has 19 heavy (non-hydrogen) atoms. The van der Waals surface area contributed by atoms with Crippen LogP contribution in [0.3, 0.4) is 0 Å². The number of nitrogens with zero attached hydrogens (tertiary/aromatic N) is 2. The number of hydrogen-bond donors (Lipinski definition) is 1. The summed E-state index contributed by atoms with van der Waals surface area (Å²) in [6.07, 6.45) is 1.89. The smallest absolute Gasteiger partial charge is 0.116 e. The van der Waals surface area contributed by atoms with E-state index in [2.05, 4.69) is 45.5 Å². The minimum atomic E-state index is 0. The molecule has 1 saturated heterocycles. The molecule has 1 aromatic carbocycles. The van der Waals surface area contributed by atoms with Crippen molar-refractivity contribution in [3.05, 3.63) is 46.9 Å². The van der Waals surface area contributed by atoms with Crippen LogP contribution in [0.4, 0.5) is 5.69 Å². The van der Waals surface area contributed by atoms with Gasteiger partial charge in [-0.15, -0.1) is 36.2 Å². The molecular weight excluding hydrogens is 301 g/mol. The van der Waals surface area contributed by atoms with E-state index >= 15 is 0 Å². The molecule has 2 aromatic rings. The first-order valence-corrected chi connectivity index (χ1v) is 6.75. The van der Waals surface area contributed by atoms with Crippen LogP contribution in [0.25, 0.3) is 0 Å². The molecule has 2 heterocycles. The third kappa shape index (κ3) is 3.60. The van der Waals surface area contributed by atoms with Crippen molar-refractivity contribution >= 4 is 41.8 Å². The number of nitrogens with one attached hydrogen (secondary N) is 1. The van der Waals surface area contributed by atoms with Gasteiger partial charge in [-0.3, -0.25) is 0 Å². The lowest BCUT2D eigenvalue weighted by molar-refractivity contribution is 0.488. The Morgan fingerprint density at radius 3 is 2.68 bits per heavy atom. The average molecular weight is 318 g/mol. The Kier molecular flexibility index (Phi) is 6.58. The second-order valence-electron chi connectivity index (χ2n) is 4.12. The summed E-state index contributed by atoms with van der Waals surface area (Å²) in [5, 5.41) is 6.69. The summed E-state index contributed by atoms with van der Waals surface area (Å²) < 4.78 is 0. The van der Waals surface area contributed by atoms with Gasteiger partial charge in [0.05, 0.1) is 6.04 Å². The topological polar surface area (TPSA) is 28.2 Å². The van der Waals surface area contributed by atoms with Crippen molar-refractivity contribution in [1.82, 2.24) is 10.3 Å². The van der Waals surface area contributed by atoms with Crippen LogP contribution in [0.15, 0.2) is 41.9 Å². The van der Waals surface area contributed by atoms with Gasteiger partial charge in [0, 0.05) is 36.9 Å². The van der Waals surface area contributed by atoms with E-state index in [9.17, 15) is 0 Å². The zero-order valence-corrected chi connectivity index (χ0v) is 12.8. The summed E-state index contributed by atoms with van der Waals surface area (Å²) in [7, 11) is 0. The highest BCUT2D eigenvalue weighted by atomic mass is 35.5. The number of halogens is 2. The normalized spacial score (nSPS) is 18.3. The van der Waals surface area contributed by atoms with Crippen LogP contribution in [0.1, 0.15) is 11.0 Å². The first-order chi connectivity index (χ1) is 8.45. The van der Waals surface area contributed by atoms with Crippen molar-refractivity contribution in [2.24, 2.45) is 0 Å². The monoisotopic (exact) mass is 317 g/mol. The van der Waals surface area contributed by atoms with Crippen LogP contribution in [0.5, 0.6) is 0 Å². The molecule has 1 atom stereocenters. The Hall–Kier alpha value is -0.810. The largest absolute Gasteiger partial charge is 0.359 e. The number of hydrogen-bond acceptors (Lipinski definition) is 4. The molecule has 3 nitrogen and oxygen atoms in total. The first-order valence-electron chi connectivity index (χ1n) is 5.87. The van der Waals surface area contributed by atoms with Crippen molar-refractivity contribution in [2.75, 3.05) is 24.5 Å². The molecule has 0 bridgehead atoms. The van der Waals surface area contributed by atoms with Crippen LogP contribution in [-0.2, 0) is 0 Å². The Bertz CT molecular complexity index is 464. The highest BCUT2D eigenvalue weighted by molar-refractivity contribution is 7.09. The van der Waals surface area contributed by atoms with Crippen LogP contribution in [0, 0.1) is 0 Å². The van der Waals surface area contributed by atoms with E-state index in [4.69, 9.17) is 0 Å². The zero-order chi connectivity index (χ0) is 11.5. The van der Waals surface area contributed by atoms with E-state index in [1.807, 2.05) is 11.6 Å². The van der Waals surface area contributed by atoms with Gasteiger partial charge in [0.15, 0.2) is 0 Å². The number of piperazine rings is 1. The Balaban J connectivity index is 0.000000902. The lowest BCUT2D eigenvalue weighted by Gasteiger charge is -2.36. The predicted octanol–water partition coefficient (Wildman–Crippen LogP) is 3.14. The highest BCUT2D eigenvalue weighted by Crippen LogP contribution is 2.28. The molecule has 0 radical (unpaired) electrons. The maximum absolute atomic E-state index is 4.45. The number of thiazole rings is 1. The van der Waals surface area contributed by atoms with Crippen LogP contribution >= 0.6 is 36.2 Å². The fraction of sp³-hybridized carbons (Fsp3) is 0.308. The Labute approximate surface area is 129 Å². The molecule has 0 saturated carbocycles. The minimum absolute atomic E-state index is 0. The van der Waals surface area contributed by atoms with Gasteiger partial charge in [-0.05, 0) is 12.1 Å². The van der Waals surface area contributed by atoms with Gasteiger partial charge in [-0.2, -0.15) is 0 Å². The standard InChI is InChI=1S/C13H15N3S.2ClH/c1-2-4-11(5-3-1)16-8-6-14-10-12(16)13-15-7-9-17-13;;/h1-5,7,9,12,14H,6,8,10H2;2*1H. The van der Waals surface area contributed by atoms with Crippen molar-refractivity contribution in [3.8, 4) is 0 Å². The third-order valence-electron chi connectivity index (χ3n) is 3.07. The summed E-state index contributed by atoms with van der Waals surface area (Å²) in [5.41, 5.74) is 1.29. The number of benzene rings is 1. The highest BCUT2D eigenvalue weighted by Gasteiger charge is 2.25. The van der Waals surface area contributed by atoms with E-state index in [1.165, 1.54) is 10.7 Å². The van der Waals surface area contributed by atoms with Gasteiger partial charge in [0.2, 0.25) is 0 Å². The Morgan fingerprint density at radius 2 is 2.00 bits per heavy atom. The molecule has 0 amide bonds. The molecule has 6 heteroatoms. The first kappa shape index (κ1) is 16.2. The van der Waals surface area contributed by atoms with Crippen molar-refractivity contribution < 1.29 is 0 Å². The van der Waals surface area contributed by atoms with Crippen molar-refractivity contribution in [2.45, 2.75) is 6.04 Å². The molecule has 0 spiro atoms. The summed E-state index contributed by atoms with van der Waals surface area (Å²) in [6, 6.07) is 11.0. The van der Waals surface area contributed by atoms with E-state index in [-0.39, 0.29) is 24.8 Å². The van der Waals surface area contributed by atoms with Crippen molar-refractivity contribution in [3.63, 3.8) is 0 Å². The Morgan fingerprint density at radius 1 is 1.21 bits per heavy atom. The van der Waals surface area contributed by atoms with Crippen LogP contribution < -0.4 is 10.2 Å². The van der Waals surface area contributed by atoms with E-state index in [1.54, 1.807) is 11.3 Å². The van der Waals surface area contributed by atoms with Gasteiger partial charge in [-0.25, -0.2) is 4.98 Å². The lowest BCUT2D eigenvalue weighted by atomic mass is 10.1. The number of anilines is 1. The molecule has 0 aliphatic carbocycles. The third-order valence-corrected chi connectivity index (χ3v) is 3.94. The maximum Gasteiger partial charge on any atom is 0.116 e. The molecule has 3 rings (SSSR count). The second kappa shape index (κ2) is 7.70. The van der Waals surface area contributed by atoms with Crippen LogP contribution in [-0.4, -0.2) is 24.6 Å². The molecule has 1 aromatic heterocycles. The fourth-order valence-corrected chi connectivity index (χ4v) is 3.00. The van der Waals surface area contributed by atoms with Gasteiger partial charge < -0.3 is 10.2 Å². The van der Waals surface area contributed by atoms with E-state index in [0.29, 0.717) is 6.04 Å². The number of para-hydroxylation sites is 1. The van der Waals surface area contributed by atoms with Gasteiger partial charge in [0.25, 0.3) is 0 Å². The summed E-state index contributed by atoms with van der Waals surface area (Å²) in [6.45, 7) is 3.05. The summed E-state index contributed by atoms with van der Waals surface area (Å²) in [5.74, 6) is 0.